The van der Waals surface area contributed by atoms with Crippen molar-refractivity contribution in [2.45, 2.75) is 0 Å². The lowest BCUT2D eigenvalue weighted by Crippen LogP contribution is -1.99. The first-order chi connectivity index (χ1) is 13.4. The zero-order chi connectivity index (χ0) is 18.1. The molecule has 0 bridgehead atoms. The van der Waals surface area contributed by atoms with Crippen molar-refractivity contribution in [1.29, 1.82) is 0 Å². The second kappa shape index (κ2) is 6.50. The molecule has 0 aliphatic carbocycles. The van der Waals surface area contributed by atoms with Crippen LogP contribution in [0.1, 0.15) is 0 Å². The molecule has 4 nitrogen and oxygen atoms in total. The van der Waals surface area contributed by atoms with Gasteiger partial charge in [0.15, 0.2) is 23.2 Å². The molecule has 3 aromatic carbocycles. The molecule has 0 unspecified atom stereocenters. The third-order valence-electron chi connectivity index (χ3n) is 4.35. The lowest BCUT2D eigenvalue weighted by molar-refractivity contribution is 0.625. The van der Waals surface area contributed by atoms with Gasteiger partial charge in [-0.25, -0.2) is 15.0 Å². The van der Waals surface area contributed by atoms with Gasteiger partial charge in [0.05, 0.1) is 0 Å². The van der Waals surface area contributed by atoms with Crippen molar-refractivity contribution in [3.05, 3.63) is 91.0 Å². The van der Waals surface area contributed by atoms with Crippen LogP contribution in [0.2, 0.25) is 0 Å². The summed E-state index contributed by atoms with van der Waals surface area (Å²) in [5, 5.41) is 1.02. The van der Waals surface area contributed by atoms with Crippen LogP contribution in [0, 0.1) is 0 Å². The Hall–Kier alpha value is -3.79. The quantitative estimate of drug-likeness (QED) is 0.424. The molecule has 2 heterocycles. The molecule has 0 amide bonds. The van der Waals surface area contributed by atoms with E-state index < -0.39 is 0 Å². The molecule has 0 N–H and O–H groups in total. The lowest BCUT2D eigenvalue weighted by Gasteiger charge is -2.06. The fraction of sp³-hybridized carbons (Fsp3) is 0. The largest absolute Gasteiger partial charge is 0.453 e. The molecule has 128 valence electrons. The Labute approximate surface area is 156 Å². The van der Waals surface area contributed by atoms with Gasteiger partial charge in [-0.3, -0.25) is 0 Å². The molecule has 5 aromatic rings. The molecule has 2 aromatic heterocycles. The van der Waals surface area contributed by atoms with E-state index in [0.717, 1.165) is 22.1 Å². The number of nitrogens with zero attached hydrogens (tertiary/aromatic N) is 3. The van der Waals surface area contributed by atoms with E-state index in [1.165, 1.54) is 0 Å². The summed E-state index contributed by atoms with van der Waals surface area (Å²) in [6, 6.07) is 29.7. The van der Waals surface area contributed by atoms with Crippen LogP contribution < -0.4 is 0 Å². The molecule has 0 radical (unpaired) electrons. The van der Waals surface area contributed by atoms with E-state index in [-0.39, 0.29) is 0 Å². The molecule has 0 spiro atoms. The summed E-state index contributed by atoms with van der Waals surface area (Å²) in [5.74, 6) is 2.41. The molecular formula is C23H15N3O. The van der Waals surface area contributed by atoms with Crippen molar-refractivity contribution in [2.75, 3.05) is 0 Å². The SMILES string of the molecule is c1ccc(-c2nc(-c3ccccc3)nc(-c3cc4ccccc4o3)n2)cc1. The highest BCUT2D eigenvalue weighted by atomic mass is 16.3. The van der Waals surface area contributed by atoms with Crippen molar-refractivity contribution >= 4 is 11.0 Å². The third kappa shape index (κ3) is 2.98. The van der Waals surface area contributed by atoms with Crippen LogP contribution in [0.15, 0.2) is 95.4 Å². The van der Waals surface area contributed by atoms with Gasteiger partial charge in [-0.05, 0) is 12.1 Å². The predicted molar refractivity (Wildman–Crippen MR) is 106 cm³/mol. The standard InChI is InChI=1S/C23H15N3O/c1-3-9-16(10-4-1)21-24-22(17-11-5-2-6-12-17)26-23(25-21)20-15-18-13-7-8-14-19(18)27-20/h1-15H. The van der Waals surface area contributed by atoms with Gasteiger partial charge < -0.3 is 4.42 Å². The van der Waals surface area contributed by atoms with E-state index in [9.17, 15) is 0 Å². The number of hydrogen-bond donors (Lipinski definition) is 0. The molecule has 5 rings (SSSR count). The summed E-state index contributed by atoms with van der Waals surface area (Å²) in [4.78, 5) is 14.0. The van der Waals surface area contributed by atoms with Crippen LogP contribution in [0.5, 0.6) is 0 Å². The maximum absolute atomic E-state index is 5.98. The predicted octanol–water partition coefficient (Wildman–Crippen LogP) is 5.62. The minimum atomic E-state index is 0.527. The zero-order valence-electron chi connectivity index (χ0n) is 14.4. The Morgan fingerprint density at radius 2 is 1.04 bits per heavy atom. The summed E-state index contributed by atoms with van der Waals surface area (Å²) >= 11 is 0. The molecule has 0 saturated heterocycles. The van der Waals surface area contributed by atoms with E-state index in [1.54, 1.807) is 0 Å². The maximum Gasteiger partial charge on any atom is 0.199 e. The summed E-state index contributed by atoms with van der Waals surface area (Å²) in [6.07, 6.45) is 0. The van der Waals surface area contributed by atoms with E-state index >= 15 is 0 Å². The van der Waals surface area contributed by atoms with Gasteiger partial charge in [-0.1, -0.05) is 78.9 Å². The van der Waals surface area contributed by atoms with Crippen LogP contribution in [-0.4, -0.2) is 15.0 Å². The molecule has 0 fully saturated rings. The van der Waals surface area contributed by atoms with E-state index in [0.29, 0.717) is 23.2 Å². The Morgan fingerprint density at radius 1 is 0.519 bits per heavy atom. The minimum absolute atomic E-state index is 0.527. The summed E-state index contributed by atoms with van der Waals surface area (Å²) in [7, 11) is 0. The Morgan fingerprint density at radius 3 is 1.63 bits per heavy atom. The van der Waals surface area contributed by atoms with Crippen LogP contribution in [-0.2, 0) is 0 Å². The second-order valence-corrected chi connectivity index (χ2v) is 6.19. The number of benzene rings is 3. The summed E-state index contributed by atoms with van der Waals surface area (Å²) in [5.41, 5.74) is 2.69. The zero-order valence-corrected chi connectivity index (χ0v) is 14.4. The smallest absolute Gasteiger partial charge is 0.199 e. The molecule has 0 saturated carbocycles. The average Bonchev–Trinajstić information content (AvgIpc) is 3.19. The topological polar surface area (TPSA) is 51.8 Å². The maximum atomic E-state index is 5.98. The van der Waals surface area contributed by atoms with Crippen molar-refractivity contribution in [1.82, 2.24) is 15.0 Å². The number of rotatable bonds is 3. The van der Waals surface area contributed by atoms with Crippen molar-refractivity contribution in [3.8, 4) is 34.4 Å². The van der Waals surface area contributed by atoms with E-state index in [2.05, 4.69) is 15.0 Å². The van der Waals surface area contributed by atoms with Gasteiger partial charge in [0, 0.05) is 16.5 Å². The highest BCUT2D eigenvalue weighted by molar-refractivity contribution is 5.82. The van der Waals surface area contributed by atoms with Gasteiger partial charge in [0.2, 0.25) is 0 Å². The molecule has 4 heteroatoms. The highest BCUT2D eigenvalue weighted by Gasteiger charge is 2.14. The lowest BCUT2D eigenvalue weighted by atomic mass is 10.2. The van der Waals surface area contributed by atoms with Crippen LogP contribution in [0.4, 0.5) is 0 Å². The second-order valence-electron chi connectivity index (χ2n) is 6.19. The Kier molecular flexibility index (Phi) is 3.72. The van der Waals surface area contributed by atoms with Gasteiger partial charge in [0.1, 0.15) is 5.58 Å². The normalized spacial score (nSPS) is 11.0. The van der Waals surface area contributed by atoms with Crippen molar-refractivity contribution in [3.63, 3.8) is 0 Å². The van der Waals surface area contributed by atoms with Crippen molar-refractivity contribution in [2.24, 2.45) is 0 Å². The van der Waals surface area contributed by atoms with E-state index in [4.69, 9.17) is 4.42 Å². The number of fused-ring (bicyclic) bond motifs is 1. The minimum Gasteiger partial charge on any atom is -0.453 e. The highest BCUT2D eigenvalue weighted by Crippen LogP contribution is 2.28. The van der Waals surface area contributed by atoms with Gasteiger partial charge >= 0.3 is 0 Å². The van der Waals surface area contributed by atoms with Gasteiger partial charge in [-0.2, -0.15) is 0 Å². The molecule has 0 atom stereocenters. The third-order valence-corrected chi connectivity index (χ3v) is 4.35. The molecular weight excluding hydrogens is 334 g/mol. The first-order valence-electron chi connectivity index (χ1n) is 8.73. The van der Waals surface area contributed by atoms with Crippen LogP contribution in [0.3, 0.4) is 0 Å². The number of para-hydroxylation sites is 1. The molecule has 0 aliphatic heterocycles. The average molecular weight is 349 g/mol. The number of furan rings is 1. The summed E-state index contributed by atoms with van der Waals surface area (Å²) in [6.45, 7) is 0. The number of hydrogen-bond acceptors (Lipinski definition) is 4. The molecule has 0 aliphatic rings. The Bertz CT molecular complexity index is 1120. The van der Waals surface area contributed by atoms with E-state index in [1.807, 2.05) is 91.0 Å². The van der Waals surface area contributed by atoms with Gasteiger partial charge in [-0.15, -0.1) is 0 Å². The fourth-order valence-corrected chi connectivity index (χ4v) is 3.01. The van der Waals surface area contributed by atoms with Crippen molar-refractivity contribution < 1.29 is 4.42 Å². The summed E-state index contributed by atoms with van der Waals surface area (Å²) < 4.78 is 5.98. The van der Waals surface area contributed by atoms with Crippen LogP contribution in [0.25, 0.3) is 45.3 Å². The van der Waals surface area contributed by atoms with Crippen LogP contribution >= 0.6 is 0 Å². The van der Waals surface area contributed by atoms with Gasteiger partial charge in [0.25, 0.3) is 0 Å². The first kappa shape index (κ1) is 15.5. The fourth-order valence-electron chi connectivity index (χ4n) is 3.01. The monoisotopic (exact) mass is 349 g/mol. The Balaban J connectivity index is 1.72. The first-order valence-corrected chi connectivity index (χ1v) is 8.73. The number of aromatic nitrogens is 3. The molecule has 27 heavy (non-hydrogen) atoms.